The molecule has 0 aliphatic heterocycles. The van der Waals surface area contributed by atoms with Gasteiger partial charge in [0.15, 0.2) is 0 Å². The zero-order valence-corrected chi connectivity index (χ0v) is 10.6. The van der Waals surface area contributed by atoms with Gasteiger partial charge in [-0.25, -0.2) is 0 Å². The highest BCUT2D eigenvalue weighted by molar-refractivity contribution is 5.74. The summed E-state index contributed by atoms with van der Waals surface area (Å²) in [7, 11) is 4.71. The molecule has 0 aliphatic rings. The number of hydrogen-bond acceptors (Lipinski definition) is 5. The number of methoxy groups -OCH3 is 2. The van der Waals surface area contributed by atoms with Gasteiger partial charge in [-0.15, -0.1) is 0 Å². The molecule has 0 aliphatic carbocycles. The second kappa shape index (κ2) is 6.23. The van der Waals surface area contributed by atoms with E-state index in [1.54, 1.807) is 32.4 Å². The number of aliphatic carboxylic acids is 1. The second-order valence-electron chi connectivity index (χ2n) is 3.74. The molecule has 1 rings (SSSR count). The average Bonchev–Trinajstić information content (AvgIpc) is 2.39. The van der Waals surface area contributed by atoms with Crippen LogP contribution >= 0.6 is 0 Å². The number of rotatable bonds is 6. The molecule has 0 saturated carbocycles. The fourth-order valence-corrected chi connectivity index (χ4v) is 1.75. The first kappa shape index (κ1) is 14.3. The fourth-order valence-electron chi connectivity index (χ4n) is 1.75. The van der Waals surface area contributed by atoms with Gasteiger partial charge in [0, 0.05) is 11.6 Å². The van der Waals surface area contributed by atoms with E-state index >= 15 is 0 Å². The third-order valence-corrected chi connectivity index (χ3v) is 2.73. The Kier molecular flexibility index (Phi) is 4.94. The first-order chi connectivity index (χ1) is 8.54. The first-order valence-corrected chi connectivity index (χ1v) is 5.42. The lowest BCUT2D eigenvalue weighted by atomic mass is 9.99. The van der Waals surface area contributed by atoms with E-state index in [0.29, 0.717) is 17.1 Å². The molecule has 18 heavy (non-hydrogen) atoms. The minimum atomic E-state index is -1.08. The molecular weight excluding hydrogens is 236 g/mol. The van der Waals surface area contributed by atoms with Crippen molar-refractivity contribution in [3.63, 3.8) is 0 Å². The van der Waals surface area contributed by atoms with E-state index in [9.17, 15) is 4.79 Å². The van der Waals surface area contributed by atoms with Gasteiger partial charge in [0.05, 0.1) is 20.3 Å². The minimum absolute atomic E-state index is 0.533. The first-order valence-electron chi connectivity index (χ1n) is 5.42. The molecule has 6 heteroatoms. The SMILES string of the molecule is CNC(c1ccc(OC)cc1OC)C(N)C(=O)O. The zero-order valence-electron chi connectivity index (χ0n) is 10.6. The van der Waals surface area contributed by atoms with Gasteiger partial charge < -0.3 is 25.6 Å². The number of likely N-dealkylation sites (N-methyl/N-ethyl adjacent to an activating group) is 1. The van der Waals surface area contributed by atoms with Crippen LogP contribution in [0, 0.1) is 0 Å². The number of carboxylic acids is 1. The van der Waals surface area contributed by atoms with Crippen molar-refractivity contribution in [2.45, 2.75) is 12.1 Å². The largest absolute Gasteiger partial charge is 0.497 e. The van der Waals surface area contributed by atoms with Gasteiger partial charge in [0.25, 0.3) is 0 Å². The maximum Gasteiger partial charge on any atom is 0.322 e. The predicted octanol–water partition coefficient (Wildman–Crippen LogP) is 0.376. The summed E-state index contributed by atoms with van der Waals surface area (Å²) in [5, 5.41) is 11.9. The maximum absolute atomic E-state index is 11.0. The standard InChI is InChI=1S/C12H18N2O4/c1-14-11(10(13)12(15)16)8-5-4-7(17-2)6-9(8)18-3/h4-6,10-11,14H,13H2,1-3H3,(H,15,16). The van der Waals surface area contributed by atoms with Gasteiger partial charge in [-0.3, -0.25) is 4.79 Å². The third-order valence-electron chi connectivity index (χ3n) is 2.73. The van der Waals surface area contributed by atoms with Crippen LogP contribution in [0.4, 0.5) is 0 Å². The molecule has 1 aromatic carbocycles. The number of benzene rings is 1. The summed E-state index contributed by atoms with van der Waals surface area (Å²) in [6.07, 6.45) is 0. The van der Waals surface area contributed by atoms with E-state index in [1.807, 2.05) is 0 Å². The number of hydrogen-bond donors (Lipinski definition) is 3. The maximum atomic E-state index is 11.0. The van der Waals surface area contributed by atoms with Crippen LogP contribution in [0.25, 0.3) is 0 Å². The fraction of sp³-hybridized carbons (Fsp3) is 0.417. The van der Waals surface area contributed by atoms with Crippen molar-refractivity contribution in [2.75, 3.05) is 21.3 Å². The zero-order chi connectivity index (χ0) is 13.7. The Labute approximate surface area is 106 Å². The molecule has 1 aromatic rings. The van der Waals surface area contributed by atoms with E-state index < -0.39 is 18.1 Å². The van der Waals surface area contributed by atoms with Gasteiger partial charge in [-0.1, -0.05) is 0 Å². The third kappa shape index (κ3) is 2.91. The van der Waals surface area contributed by atoms with E-state index in [1.165, 1.54) is 7.11 Å². The minimum Gasteiger partial charge on any atom is -0.497 e. The Bertz CT molecular complexity index is 423. The summed E-state index contributed by atoms with van der Waals surface area (Å²) in [4.78, 5) is 11.0. The normalized spacial score (nSPS) is 13.8. The monoisotopic (exact) mass is 254 g/mol. The van der Waals surface area contributed by atoms with Crippen molar-refractivity contribution in [1.82, 2.24) is 5.32 Å². The number of ether oxygens (including phenoxy) is 2. The summed E-state index contributed by atoms with van der Waals surface area (Å²) in [6, 6.07) is 3.56. The van der Waals surface area contributed by atoms with Crippen molar-refractivity contribution in [3.05, 3.63) is 23.8 Å². The molecule has 100 valence electrons. The summed E-state index contributed by atoms with van der Waals surface area (Å²) in [5.41, 5.74) is 6.33. The Morgan fingerprint density at radius 3 is 2.50 bits per heavy atom. The average molecular weight is 254 g/mol. The molecular formula is C12H18N2O4. The Morgan fingerprint density at radius 1 is 1.39 bits per heavy atom. The summed E-state index contributed by atoms with van der Waals surface area (Å²) in [6.45, 7) is 0. The lowest BCUT2D eigenvalue weighted by Crippen LogP contribution is -2.42. The van der Waals surface area contributed by atoms with Gasteiger partial charge in [0.1, 0.15) is 17.5 Å². The quantitative estimate of drug-likeness (QED) is 0.679. The van der Waals surface area contributed by atoms with E-state index in [4.69, 9.17) is 20.3 Å². The van der Waals surface area contributed by atoms with Crippen LogP contribution in [0.5, 0.6) is 11.5 Å². The van der Waals surface area contributed by atoms with Crippen LogP contribution in [0.2, 0.25) is 0 Å². The van der Waals surface area contributed by atoms with Gasteiger partial charge in [-0.2, -0.15) is 0 Å². The number of nitrogens with two attached hydrogens (primary N) is 1. The van der Waals surface area contributed by atoms with Crippen LogP contribution in [-0.4, -0.2) is 38.4 Å². The molecule has 0 amide bonds. The highest BCUT2D eigenvalue weighted by atomic mass is 16.5. The van der Waals surface area contributed by atoms with Gasteiger partial charge >= 0.3 is 5.97 Å². The van der Waals surface area contributed by atoms with Crippen molar-refractivity contribution in [2.24, 2.45) is 5.73 Å². The van der Waals surface area contributed by atoms with E-state index in [2.05, 4.69) is 5.32 Å². The molecule has 0 spiro atoms. The summed E-state index contributed by atoms with van der Waals surface area (Å²) in [5.74, 6) is 0.0898. The molecule has 0 saturated heterocycles. The molecule has 6 nitrogen and oxygen atoms in total. The molecule has 0 aromatic heterocycles. The van der Waals surface area contributed by atoms with Gasteiger partial charge in [0.2, 0.25) is 0 Å². The number of carboxylic acid groups (broad SMARTS) is 1. The van der Waals surface area contributed by atoms with Crippen LogP contribution in [0.3, 0.4) is 0 Å². The van der Waals surface area contributed by atoms with Crippen molar-refractivity contribution < 1.29 is 19.4 Å². The number of nitrogens with one attached hydrogen (secondary N) is 1. The van der Waals surface area contributed by atoms with Crippen LogP contribution in [0.15, 0.2) is 18.2 Å². The second-order valence-corrected chi connectivity index (χ2v) is 3.74. The van der Waals surface area contributed by atoms with Crippen molar-refractivity contribution >= 4 is 5.97 Å². The molecule has 0 bridgehead atoms. The molecule has 2 atom stereocenters. The lowest BCUT2D eigenvalue weighted by Gasteiger charge is -2.23. The number of carbonyl (C=O) groups is 1. The van der Waals surface area contributed by atoms with Crippen molar-refractivity contribution in [3.8, 4) is 11.5 Å². The molecule has 0 heterocycles. The molecule has 2 unspecified atom stereocenters. The van der Waals surface area contributed by atoms with Gasteiger partial charge in [-0.05, 0) is 19.2 Å². The Balaban J connectivity index is 3.16. The topological polar surface area (TPSA) is 93.8 Å². The lowest BCUT2D eigenvalue weighted by molar-refractivity contribution is -0.139. The van der Waals surface area contributed by atoms with E-state index in [0.717, 1.165) is 0 Å². The van der Waals surface area contributed by atoms with E-state index in [-0.39, 0.29) is 0 Å². The Hall–Kier alpha value is -1.79. The summed E-state index contributed by atoms with van der Waals surface area (Å²) >= 11 is 0. The van der Waals surface area contributed by atoms with Crippen LogP contribution < -0.4 is 20.5 Å². The van der Waals surface area contributed by atoms with Crippen LogP contribution in [-0.2, 0) is 4.79 Å². The van der Waals surface area contributed by atoms with Crippen LogP contribution in [0.1, 0.15) is 11.6 Å². The Morgan fingerprint density at radius 2 is 2.06 bits per heavy atom. The summed E-state index contributed by atoms with van der Waals surface area (Å²) < 4.78 is 10.3. The highest BCUT2D eigenvalue weighted by Crippen LogP contribution is 2.30. The molecule has 4 N–H and O–H groups in total. The molecule has 0 radical (unpaired) electrons. The highest BCUT2D eigenvalue weighted by Gasteiger charge is 2.27. The smallest absolute Gasteiger partial charge is 0.322 e. The predicted molar refractivity (Wildman–Crippen MR) is 67.0 cm³/mol. The molecule has 0 fully saturated rings. The van der Waals surface area contributed by atoms with Crippen molar-refractivity contribution in [1.29, 1.82) is 0 Å².